The SMILES string of the molecule is C=N/C(NC(=O)c1cc(C(N)=O)nc2ccccc12)=C(/C)N(C)Cc1cccc(F)c1. The van der Waals surface area contributed by atoms with Gasteiger partial charge in [-0.25, -0.2) is 14.4 Å². The molecule has 2 amide bonds. The molecule has 0 aliphatic carbocycles. The third kappa shape index (κ3) is 4.92. The number of halogens is 1. The van der Waals surface area contributed by atoms with Crippen molar-refractivity contribution in [2.75, 3.05) is 7.05 Å². The summed E-state index contributed by atoms with van der Waals surface area (Å²) in [5.74, 6) is -1.30. The Balaban J connectivity index is 1.91. The zero-order valence-corrected chi connectivity index (χ0v) is 17.2. The van der Waals surface area contributed by atoms with Crippen LogP contribution in [0.4, 0.5) is 4.39 Å². The molecule has 31 heavy (non-hydrogen) atoms. The zero-order chi connectivity index (χ0) is 22.5. The van der Waals surface area contributed by atoms with Crippen molar-refractivity contribution in [1.29, 1.82) is 0 Å². The number of amides is 2. The molecule has 1 aromatic heterocycles. The van der Waals surface area contributed by atoms with Crippen LogP contribution in [0.1, 0.15) is 33.3 Å². The van der Waals surface area contributed by atoms with E-state index in [0.29, 0.717) is 23.1 Å². The van der Waals surface area contributed by atoms with Crippen LogP contribution in [0.5, 0.6) is 0 Å². The number of fused-ring (bicyclic) bond motifs is 1. The summed E-state index contributed by atoms with van der Waals surface area (Å²) in [5.41, 5.74) is 7.46. The summed E-state index contributed by atoms with van der Waals surface area (Å²) < 4.78 is 13.5. The molecular weight excluding hydrogens is 397 g/mol. The number of carbonyl (C=O) groups excluding carboxylic acids is 2. The molecule has 2 aromatic carbocycles. The predicted molar refractivity (Wildman–Crippen MR) is 118 cm³/mol. The number of allylic oxidation sites excluding steroid dienone is 1. The number of aromatic nitrogens is 1. The van der Waals surface area contributed by atoms with Crippen LogP contribution in [0, 0.1) is 5.82 Å². The third-order valence-electron chi connectivity index (χ3n) is 4.83. The van der Waals surface area contributed by atoms with E-state index in [4.69, 9.17) is 5.73 Å². The Morgan fingerprint density at radius 3 is 2.61 bits per heavy atom. The van der Waals surface area contributed by atoms with Gasteiger partial charge >= 0.3 is 0 Å². The van der Waals surface area contributed by atoms with E-state index in [1.165, 1.54) is 18.2 Å². The molecule has 0 radical (unpaired) electrons. The van der Waals surface area contributed by atoms with Crippen molar-refractivity contribution in [2.45, 2.75) is 13.5 Å². The van der Waals surface area contributed by atoms with Gasteiger partial charge in [0, 0.05) is 19.0 Å². The van der Waals surface area contributed by atoms with Crippen molar-refractivity contribution in [3.63, 3.8) is 0 Å². The molecule has 0 unspecified atom stereocenters. The molecule has 0 bridgehead atoms. The summed E-state index contributed by atoms with van der Waals surface area (Å²) in [4.78, 5) is 34.7. The number of hydrogen-bond acceptors (Lipinski definition) is 5. The Hall–Kier alpha value is -4.07. The zero-order valence-electron chi connectivity index (χ0n) is 17.2. The maximum atomic E-state index is 13.5. The molecule has 0 atom stereocenters. The van der Waals surface area contributed by atoms with Crippen LogP contribution < -0.4 is 11.1 Å². The fraction of sp³-hybridized carbons (Fsp3) is 0.130. The second-order valence-electron chi connectivity index (χ2n) is 6.97. The highest BCUT2D eigenvalue weighted by atomic mass is 19.1. The Labute approximate surface area is 179 Å². The van der Waals surface area contributed by atoms with Gasteiger partial charge in [0.05, 0.1) is 16.8 Å². The third-order valence-corrected chi connectivity index (χ3v) is 4.83. The molecular formula is C23H22FN5O2. The van der Waals surface area contributed by atoms with E-state index in [0.717, 1.165) is 5.56 Å². The number of primary amides is 1. The number of rotatable bonds is 7. The van der Waals surface area contributed by atoms with E-state index in [-0.39, 0.29) is 22.9 Å². The van der Waals surface area contributed by atoms with Crippen molar-refractivity contribution in [3.8, 4) is 0 Å². The molecule has 0 fully saturated rings. The Bertz CT molecular complexity index is 1210. The fourth-order valence-electron chi connectivity index (χ4n) is 3.12. The van der Waals surface area contributed by atoms with E-state index in [1.807, 2.05) is 4.90 Å². The van der Waals surface area contributed by atoms with E-state index in [2.05, 4.69) is 22.0 Å². The van der Waals surface area contributed by atoms with Crippen LogP contribution >= 0.6 is 0 Å². The minimum atomic E-state index is -0.733. The van der Waals surface area contributed by atoms with Crippen molar-refractivity contribution < 1.29 is 14.0 Å². The van der Waals surface area contributed by atoms with E-state index < -0.39 is 11.8 Å². The molecule has 3 rings (SSSR count). The van der Waals surface area contributed by atoms with Crippen molar-refractivity contribution >= 4 is 29.4 Å². The van der Waals surface area contributed by atoms with Gasteiger partial charge in [0.25, 0.3) is 11.8 Å². The van der Waals surface area contributed by atoms with Gasteiger partial charge in [-0.15, -0.1) is 0 Å². The minimum absolute atomic E-state index is 0.0131. The van der Waals surface area contributed by atoms with Gasteiger partial charge in [0.15, 0.2) is 5.82 Å². The number of para-hydroxylation sites is 1. The van der Waals surface area contributed by atoms with Gasteiger partial charge < -0.3 is 16.0 Å². The first kappa shape index (κ1) is 21.6. The van der Waals surface area contributed by atoms with Gasteiger partial charge in [-0.05, 0) is 43.5 Å². The lowest BCUT2D eigenvalue weighted by molar-refractivity contribution is 0.0965. The lowest BCUT2D eigenvalue weighted by Gasteiger charge is -2.22. The molecule has 0 saturated heterocycles. The molecule has 0 aliphatic rings. The summed E-state index contributed by atoms with van der Waals surface area (Å²) in [6, 6.07) is 14.6. The van der Waals surface area contributed by atoms with E-state index in [9.17, 15) is 14.0 Å². The number of carbonyl (C=O) groups is 2. The molecule has 7 nitrogen and oxygen atoms in total. The molecule has 0 spiro atoms. The maximum Gasteiger partial charge on any atom is 0.267 e. The molecule has 158 valence electrons. The lowest BCUT2D eigenvalue weighted by Crippen LogP contribution is -2.27. The fourth-order valence-corrected chi connectivity index (χ4v) is 3.12. The summed E-state index contributed by atoms with van der Waals surface area (Å²) >= 11 is 0. The van der Waals surface area contributed by atoms with Gasteiger partial charge in [-0.3, -0.25) is 9.59 Å². The van der Waals surface area contributed by atoms with Crippen LogP contribution in [-0.4, -0.2) is 35.5 Å². The minimum Gasteiger partial charge on any atom is -0.371 e. The summed E-state index contributed by atoms with van der Waals surface area (Å²) in [6.45, 7) is 5.72. The quantitative estimate of drug-likeness (QED) is 0.574. The molecule has 0 aliphatic heterocycles. The smallest absolute Gasteiger partial charge is 0.267 e. The van der Waals surface area contributed by atoms with Crippen LogP contribution in [-0.2, 0) is 6.54 Å². The molecule has 1 heterocycles. The van der Waals surface area contributed by atoms with Crippen molar-refractivity contribution in [1.82, 2.24) is 15.2 Å². The first-order chi connectivity index (χ1) is 14.8. The Morgan fingerprint density at radius 2 is 1.94 bits per heavy atom. The number of hydrogen-bond donors (Lipinski definition) is 2. The van der Waals surface area contributed by atoms with Crippen LogP contribution in [0.3, 0.4) is 0 Å². The highest BCUT2D eigenvalue weighted by molar-refractivity contribution is 6.08. The number of benzene rings is 2. The number of aliphatic imine (C=N–C) groups is 1. The van der Waals surface area contributed by atoms with Crippen LogP contribution in [0.15, 0.2) is 71.1 Å². The molecule has 0 saturated carbocycles. The van der Waals surface area contributed by atoms with Gasteiger partial charge in [0.2, 0.25) is 0 Å². The maximum absolute atomic E-state index is 13.5. The normalized spacial score (nSPS) is 11.6. The number of nitrogens with two attached hydrogens (primary N) is 1. The second kappa shape index (κ2) is 9.17. The van der Waals surface area contributed by atoms with E-state index >= 15 is 0 Å². The van der Waals surface area contributed by atoms with Crippen molar-refractivity contribution in [3.05, 3.63) is 88.8 Å². The van der Waals surface area contributed by atoms with Gasteiger partial charge in [0.1, 0.15) is 11.5 Å². The standard InChI is InChI=1S/C23H22FN5O2/c1-14(29(3)13-15-7-6-8-16(24)11-15)22(26-2)28-23(31)18-12-20(21(25)30)27-19-10-5-4-9-17(18)19/h4-12H,2,13H2,1,3H3,(H2,25,30)(H,28,31)/b22-14+. The monoisotopic (exact) mass is 419 g/mol. The lowest BCUT2D eigenvalue weighted by atomic mass is 10.1. The van der Waals surface area contributed by atoms with Crippen molar-refractivity contribution in [2.24, 2.45) is 10.7 Å². The highest BCUT2D eigenvalue weighted by Crippen LogP contribution is 2.20. The number of nitrogens with zero attached hydrogens (tertiary/aromatic N) is 3. The van der Waals surface area contributed by atoms with E-state index in [1.54, 1.807) is 50.4 Å². The molecule has 3 aromatic rings. The largest absolute Gasteiger partial charge is 0.371 e. The summed E-state index contributed by atoms with van der Waals surface area (Å²) in [6.07, 6.45) is 0. The predicted octanol–water partition coefficient (Wildman–Crippen LogP) is 3.22. The number of nitrogens with one attached hydrogen (secondary N) is 1. The van der Waals surface area contributed by atoms with Crippen LogP contribution in [0.2, 0.25) is 0 Å². The number of pyridine rings is 1. The summed E-state index contributed by atoms with van der Waals surface area (Å²) in [7, 11) is 1.80. The Morgan fingerprint density at radius 1 is 1.19 bits per heavy atom. The summed E-state index contributed by atoms with van der Waals surface area (Å²) in [5, 5.41) is 3.30. The Kier molecular flexibility index (Phi) is 6.40. The van der Waals surface area contributed by atoms with Crippen LogP contribution in [0.25, 0.3) is 10.9 Å². The average Bonchev–Trinajstić information content (AvgIpc) is 2.75. The molecule has 3 N–H and O–H groups in total. The van der Waals surface area contributed by atoms with Gasteiger partial charge in [-0.2, -0.15) is 0 Å². The molecule has 8 heteroatoms. The first-order valence-electron chi connectivity index (χ1n) is 9.44. The average molecular weight is 419 g/mol. The van der Waals surface area contributed by atoms with Gasteiger partial charge in [-0.1, -0.05) is 30.3 Å². The second-order valence-corrected chi connectivity index (χ2v) is 6.97. The highest BCUT2D eigenvalue weighted by Gasteiger charge is 2.17. The topological polar surface area (TPSA) is 101 Å². The first-order valence-corrected chi connectivity index (χ1v) is 9.44.